The fourth-order valence-electron chi connectivity index (χ4n) is 4.26. The Hall–Kier alpha value is -3.43. The zero-order valence-corrected chi connectivity index (χ0v) is 24.0. The summed E-state index contributed by atoms with van der Waals surface area (Å²) in [4.78, 5) is 31.8. The smallest absolute Gasteiger partial charge is 0.338 e. The van der Waals surface area contributed by atoms with Gasteiger partial charge in [0, 0.05) is 5.56 Å². The molecule has 206 valence electrons. The summed E-state index contributed by atoms with van der Waals surface area (Å²) in [7, 11) is 1.53. The van der Waals surface area contributed by atoms with E-state index in [1.807, 2.05) is 0 Å². The van der Waals surface area contributed by atoms with Gasteiger partial charge in [0.15, 0.2) is 16.3 Å². The number of carbonyl (C=O) groups is 1. The molecule has 1 unspecified atom stereocenters. The van der Waals surface area contributed by atoms with Gasteiger partial charge in [-0.05, 0) is 62.1 Å². The third kappa shape index (κ3) is 5.94. The average Bonchev–Trinajstić information content (AvgIpc) is 3.19. The lowest BCUT2D eigenvalue weighted by Gasteiger charge is -2.25. The summed E-state index contributed by atoms with van der Waals surface area (Å²) in [6, 6.07) is 8.78. The number of benzene rings is 2. The summed E-state index contributed by atoms with van der Waals surface area (Å²) < 4.78 is 33.1. The van der Waals surface area contributed by atoms with Gasteiger partial charge >= 0.3 is 5.97 Å². The van der Waals surface area contributed by atoms with E-state index in [4.69, 9.17) is 25.8 Å². The van der Waals surface area contributed by atoms with Crippen LogP contribution in [0.1, 0.15) is 51.3 Å². The summed E-state index contributed by atoms with van der Waals surface area (Å²) in [5, 5.41) is 0.179. The summed E-state index contributed by atoms with van der Waals surface area (Å²) in [5.74, 6) is 0.379. The van der Waals surface area contributed by atoms with Gasteiger partial charge in [0.2, 0.25) is 0 Å². The molecule has 7 nitrogen and oxygen atoms in total. The molecular formula is C29H30ClFN2O5S. The third-order valence-corrected chi connectivity index (χ3v) is 7.56. The van der Waals surface area contributed by atoms with Crippen molar-refractivity contribution in [2.45, 2.75) is 40.2 Å². The first kappa shape index (κ1) is 28.6. The summed E-state index contributed by atoms with van der Waals surface area (Å²) in [6.45, 7) is 8.32. The van der Waals surface area contributed by atoms with Gasteiger partial charge in [-0.3, -0.25) is 9.36 Å². The van der Waals surface area contributed by atoms with E-state index < -0.39 is 23.4 Å². The van der Waals surface area contributed by atoms with Crippen molar-refractivity contribution in [2.24, 2.45) is 10.9 Å². The second kappa shape index (κ2) is 12.2. The van der Waals surface area contributed by atoms with Crippen LogP contribution in [-0.4, -0.2) is 30.9 Å². The lowest BCUT2D eigenvalue weighted by atomic mass is 9.95. The molecule has 1 aliphatic heterocycles. The minimum atomic E-state index is -0.850. The molecule has 0 saturated carbocycles. The van der Waals surface area contributed by atoms with Crippen molar-refractivity contribution in [3.63, 3.8) is 0 Å². The summed E-state index contributed by atoms with van der Waals surface area (Å²) in [5.41, 5.74) is 0.930. The zero-order chi connectivity index (χ0) is 28.3. The number of aromatic nitrogens is 1. The Balaban J connectivity index is 1.90. The van der Waals surface area contributed by atoms with Gasteiger partial charge in [0.05, 0.1) is 47.2 Å². The molecule has 0 amide bonds. The highest BCUT2D eigenvalue weighted by Gasteiger charge is 2.34. The Morgan fingerprint density at radius 3 is 2.69 bits per heavy atom. The number of nitrogens with zero attached hydrogens (tertiary/aromatic N) is 2. The summed E-state index contributed by atoms with van der Waals surface area (Å²) in [6.07, 6.45) is 2.29. The van der Waals surface area contributed by atoms with E-state index in [-0.39, 0.29) is 27.3 Å². The van der Waals surface area contributed by atoms with E-state index >= 15 is 0 Å². The highest BCUT2D eigenvalue weighted by Crippen LogP contribution is 2.36. The maximum absolute atomic E-state index is 14.5. The standard InChI is InChI=1S/C29H30ClFN2O5S/c1-6-37-28(35)25-17(4)32-29-33(27(34)24(39-29)15-19-20(30)8-7-9-21(19)31)26(25)18-10-11-22(23(14-18)36-5)38-13-12-16(2)3/h7-11,14-16,26H,6,12-13H2,1-5H3. The minimum absolute atomic E-state index is 0.104. The highest BCUT2D eigenvalue weighted by atomic mass is 35.5. The molecule has 4 rings (SSSR count). The molecule has 0 aliphatic carbocycles. The van der Waals surface area contributed by atoms with Gasteiger partial charge < -0.3 is 14.2 Å². The molecular weight excluding hydrogens is 543 g/mol. The third-order valence-electron chi connectivity index (χ3n) is 6.25. The van der Waals surface area contributed by atoms with Crippen molar-refractivity contribution in [3.8, 4) is 11.5 Å². The van der Waals surface area contributed by atoms with Gasteiger partial charge in [-0.15, -0.1) is 0 Å². The molecule has 0 radical (unpaired) electrons. The molecule has 1 aromatic heterocycles. The lowest BCUT2D eigenvalue weighted by Crippen LogP contribution is -2.40. The second-order valence-electron chi connectivity index (χ2n) is 9.38. The quantitative estimate of drug-likeness (QED) is 0.336. The molecule has 10 heteroatoms. The normalized spacial score (nSPS) is 15.3. The van der Waals surface area contributed by atoms with Crippen LogP contribution in [0.25, 0.3) is 6.08 Å². The van der Waals surface area contributed by atoms with Crippen molar-refractivity contribution in [1.82, 2.24) is 4.57 Å². The van der Waals surface area contributed by atoms with Gasteiger partial charge in [-0.25, -0.2) is 14.2 Å². The molecule has 39 heavy (non-hydrogen) atoms. The second-order valence-corrected chi connectivity index (χ2v) is 10.8. The van der Waals surface area contributed by atoms with Gasteiger partial charge in [-0.2, -0.15) is 0 Å². The Labute approximate surface area is 234 Å². The van der Waals surface area contributed by atoms with Crippen LogP contribution in [-0.2, 0) is 9.53 Å². The highest BCUT2D eigenvalue weighted by molar-refractivity contribution is 7.07. The maximum atomic E-state index is 14.5. The van der Waals surface area contributed by atoms with Gasteiger partial charge in [-0.1, -0.05) is 48.9 Å². The average molecular weight is 573 g/mol. The van der Waals surface area contributed by atoms with Gasteiger partial charge in [0.1, 0.15) is 5.82 Å². The van der Waals surface area contributed by atoms with Crippen molar-refractivity contribution in [1.29, 1.82) is 0 Å². The molecule has 0 spiro atoms. The van der Waals surface area contributed by atoms with Crippen LogP contribution in [0.5, 0.6) is 11.5 Å². The van der Waals surface area contributed by atoms with E-state index in [1.165, 1.54) is 29.9 Å². The number of halogens is 2. The van der Waals surface area contributed by atoms with Crippen molar-refractivity contribution >= 4 is 35.0 Å². The molecule has 0 bridgehead atoms. The number of ether oxygens (including phenoxy) is 3. The van der Waals surface area contributed by atoms with Crippen LogP contribution in [0.15, 0.2) is 57.5 Å². The Bertz CT molecular complexity index is 1590. The predicted molar refractivity (Wildman–Crippen MR) is 150 cm³/mol. The zero-order valence-electron chi connectivity index (χ0n) is 22.4. The van der Waals surface area contributed by atoms with Crippen LogP contribution >= 0.6 is 22.9 Å². The molecule has 1 atom stereocenters. The van der Waals surface area contributed by atoms with Crippen LogP contribution < -0.4 is 24.4 Å². The van der Waals surface area contributed by atoms with E-state index in [2.05, 4.69) is 18.8 Å². The predicted octanol–water partition coefficient (Wildman–Crippen LogP) is 5.02. The molecule has 3 aromatic rings. The van der Waals surface area contributed by atoms with E-state index in [1.54, 1.807) is 38.1 Å². The molecule has 2 aromatic carbocycles. The Morgan fingerprint density at radius 1 is 1.26 bits per heavy atom. The van der Waals surface area contributed by atoms with E-state index in [9.17, 15) is 14.0 Å². The first-order valence-electron chi connectivity index (χ1n) is 12.6. The number of carbonyl (C=O) groups excluding carboxylic acids is 1. The van der Waals surface area contributed by atoms with Crippen molar-refractivity contribution in [2.75, 3.05) is 20.3 Å². The fourth-order valence-corrected chi connectivity index (χ4v) is 5.51. The molecule has 0 saturated heterocycles. The monoisotopic (exact) mass is 572 g/mol. The Morgan fingerprint density at radius 2 is 2.03 bits per heavy atom. The molecule has 0 fully saturated rings. The van der Waals surface area contributed by atoms with Crippen LogP contribution in [0.2, 0.25) is 5.02 Å². The minimum Gasteiger partial charge on any atom is -0.493 e. The molecule has 0 N–H and O–H groups in total. The van der Waals surface area contributed by atoms with Crippen LogP contribution in [0.4, 0.5) is 4.39 Å². The topological polar surface area (TPSA) is 79.1 Å². The maximum Gasteiger partial charge on any atom is 0.338 e. The SMILES string of the molecule is CCOC(=O)C1=C(C)N=c2sc(=Cc3c(F)cccc3Cl)c(=O)n2C1c1ccc(OCCC(C)C)c(OC)c1. The lowest BCUT2D eigenvalue weighted by molar-refractivity contribution is -0.139. The fraction of sp³-hybridized carbons (Fsp3) is 0.345. The Kier molecular flexibility index (Phi) is 8.92. The first-order valence-corrected chi connectivity index (χ1v) is 13.8. The van der Waals surface area contributed by atoms with Crippen LogP contribution in [0, 0.1) is 11.7 Å². The van der Waals surface area contributed by atoms with Crippen LogP contribution in [0.3, 0.4) is 0 Å². The van der Waals surface area contributed by atoms with Crippen molar-refractivity contribution < 1.29 is 23.4 Å². The number of fused-ring (bicyclic) bond motifs is 1. The van der Waals surface area contributed by atoms with Crippen molar-refractivity contribution in [3.05, 3.63) is 89.3 Å². The number of rotatable bonds is 9. The van der Waals surface area contributed by atoms with E-state index in [0.29, 0.717) is 40.1 Å². The largest absolute Gasteiger partial charge is 0.493 e. The van der Waals surface area contributed by atoms with Gasteiger partial charge in [0.25, 0.3) is 5.56 Å². The number of thiazole rings is 1. The first-order chi connectivity index (χ1) is 18.7. The molecule has 1 aliphatic rings. The molecule has 2 heterocycles. The number of esters is 1. The number of hydrogen-bond donors (Lipinski definition) is 0. The number of allylic oxidation sites excluding steroid dienone is 1. The number of methoxy groups -OCH3 is 1. The van der Waals surface area contributed by atoms with E-state index in [0.717, 1.165) is 17.8 Å². The number of hydrogen-bond acceptors (Lipinski definition) is 7. The summed E-state index contributed by atoms with van der Waals surface area (Å²) >= 11 is 7.30.